The molecule has 0 aliphatic heterocycles. The fourth-order valence-electron chi connectivity index (χ4n) is 2.10. The van der Waals surface area contributed by atoms with Gasteiger partial charge in [-0.05, 0) is 12.1 Å². The molecular weight excluding hydrogens is 292 g/mol. The SMILES string of the molecule is NC(=O)CN(CC(N)=O)Cc1cc2ccccc2nc1Cl. The summed E-state index contributed by atoms with van der Waals surface area (Å²) in [5.41, 5.74) is 11.8. The Morgan fingerprint density at radius 2 is 1.76 bits per heavy atom. The Balaban J connectivity index is 2.28. The van der Waals surface area contributed by atoms with Crippen molar-refractivity contribution in [3.05, 3.63) is 41.0 Å². The van der Waals surface area contributed by atoms with Crippen LogP contribution < -0.4 is 11.5 Å². The molecule has 1 aromatic heterocycles. The van der Waals surface area contributed by atoms with Crippen LogP contribution in [-0.2, 0) is 16.1 Å². The lowest BCUT2D eigenvalue weighted by atomic mass is 10.1. The van der Waals surface area contributed by atoms with Gasteiger partial charge in [-0.1, -0.05) is 29.8 Å². The highest BCUT2D eigenvalue weighted by Crippen LogP contribution is 2.21. The lowest BCUT2D eigenvalue weighted by Gasteiger charge is -2.19. The van der Waals surface area contributed by atoms with Gasteiger partial charge in [0.05, 0.1) is 18.6 Å². The fourth-order valence-corrected chi connectivity index (χ4v) is 2.30. The Labute approximate surface area is 126 Å². The Bertz CT molecular complexity index is 674. The second-order valence-corrected chi connectivity index (χ2v) is 5.07. The van der Waals surface area contributed by atoms with Crippen molar-refractivity contribution < 1.29 is 9.59 Å². The number of rotatable bonds is 6. The van der Waals surface area contributed by atoms with Gasteiger partial charge in [-0.2, -0.15) is 0 Å². The molecule has 0 bridgehead atoms. The van der Waals surface area contributed by atoms with E-state index in [1.54, 1.807) is 0 Å². The van der Waals surface area contributed by atoms with E-state index in [0.717, 1.165) is 10.9 Å². The Morgan fingerprint density at radius 1 is 1.14 bits per heavy atom. The summed E-state index contributed by atoms with van der Waals surface area (Å²) in [7, 11) is 0. The maximum absolute atomic E-state index is 11.1. The molecule has 2 aromatic rings. The van der Waals surface area contributed by atoms with Crippen molar-refractivity contribution >= 4 is 34.3 Å². The third-order valence-electron chi connectivity index (χ3n) is 2.90. The first kappa shape index (κ1) is 15.2. The van der Waals surface area contributed by atoms with Crippen molar-refractivity contribution in [1.82, 2.24) is 9.88 Å². The minimum atomic E-state index is -0.541. The van der Waals surface area contributed by atoms with E-state index in [4.69, 9.17) is 23.1 Å². The van der Waals surface area contributed by atoms with Gasteiger partial charge in [-0.25, -0.2) is 4.98 Å². The average molecular weight is 307 g/mol. The van der Waals surface area contributed by atoms with Crippen LogP contribution in [-0.4, -0.2) is 34.8 Å². The van der Waals surface area contributed by atoms with Gasteiger partial charge in [0, 0.05) is 17.5 Å². The first-order valence-corrected chi connectivity index (χ1v) is 6.66. The van der Waals surface area contributed by atoms with Gasteiger partial charge in [0.1, 0.15) is 5.15 Å². The maximum Gasteiger partial charge on any atom is 0.231 e. The number of nitrogens with zero attached hydrogens (tertiary/aromatic N) is 2. The van der Waals surface area contributed by atoms with Gasteiger partial charge in [-0.15, -0.1) is 0 Å². The number of primary amides is 2. The van der Waals surface area contributed by atoms with E-state index in [2.05, 4.69) is 4.98 Å². The van der Waals surface area contributed by atoms with Gasteiger partial charge in [0.15, 0.2) is 0 Å². The molecule has 0 aliphatic carbocycles. The number of amides is 2. The van der Waals surface area contributed by atoms with Crippen molar-refractivity contribution in [2.45, 2.75) is 6.54 Å². The zero-order chi connectivity index (χ0) is 15.4. The summed E-state index contributed by atoms with van der Waals surface area (Å²) in [5, 5.41) is 1.25. The van der Waals surface area contributed by atoms with Crippen LogP contribution >= 0.6 is 11.6 Å². The molecule has 0 radical (unpaired) electrons. The monoisotopic (exact) mass is 306 g/mol. The summed E-state index contributed by atoms with van der Waals surface area (Å²) >= 11 is 6.15. The second kappa shape index (κ2) is 6.51. The highest BCUT2D eigenvalue weighted by atomic mass is 35.5. The van der Waals surface area contributed by atoms with Gasteiger partial charge in [-0.3, -0.25) is 14.5 Å². The van der Waals surface area contributed by atoms with Gasteiger partial charge < -0.3 is 11.5 Å². The molecule has 21 heavy (non-hydrogen) atoms. The first-order valence-electron chi connectivity index (χ1n) is 6.29. The van der Waals surface area contributed by atoms with Gasteiger partial charge in [0.25, 0.3) is 0 Å². The molecule has 2 rings (SSSR count). The largest absolute Gasteiger partial charge is 0.369 e. The van der Waals surface area contributed by atoms with E-state index in [1.807, 2.05) is 30.3 Å². The number of hydrogen-bond donors (Lipinski definition) is 2. The number of pyridine rings is 1. The molecule has 110 valence electrons. The number of halogens is 1. The predicted molar refractivity (Wildman–Crippen MR) is 80.4 cm³/mol. The lowest BCUT2D eigenvalue weighted by Crippen LogP contribution is -2.39. The molecule has 1 aromatic carbocycles. The predicted octanol–water partition coefficient (Wildman–Crippen LogP) is 0.661. The van der Waals surface area contributed by atoms with Crippen molar-refractivity contribution in [3.8, 4) is 0 Å². The number of nitrogens with two attached hydrogens (primary N) is 2. The van der Waals surface area contributed by atoms with E-state index < -0.39 is 11.8 Å². The number of fused-ring (bicyclic) bond motifs is 1. The summed E-state index contributed by atoms with van der Waals surface area (Å²) in [5.74, 6) is -1.08. The molecule has 0 unspecified atom stereocenters. The Kier molecular flexibility index (Phi) is 4.72. The van der Waals surface area contributed by atoms with Crippen molar-refractivity contribution in [2.75, 3.05) is 13.1 Å². The van der Waals surface area contributed by atoms with Crippen molar-refractivity contribution in [1.29, 1.82) is 0 Å². The number of aromatic nitrogens is 1. The van der Waals surface area contributed by atoms with Gasteiger partial charge in [0.2, 0.25) is 11.8 Å². The van der Waals surface area contributed by atoms with E-state index in [9.17, 15) is 9.59 Å². The summed E-state index contributed by atoms with van der Waals surface area (Å²) < 4.78 is 0. The zero-order valence-corrected chi connectivity index (χ0v) is 12.0. The Morgan fingerprint density at radius 3 is 2.38 bits per heavy atom. The minimum Gasteiger partial charge on any atom is -0.369 e. The van der Waals surface area contributed by atoms with Crippen molar-refractivity contribution in [3.63, 3.8) is 0 Å². The fraction of sp³-hybridized carbons (Fsp3) is 0.214. The standard InChI is InChI=1S/C14H15ClN4O2/c15-14-10(5-9-3-1-2-4-11(9)18-14)6-19(7-12(16)20)8-13(17)21/h1-5H,6-8H2,(H2,16,20)(H2,17,21). The van der Waals surface area contributed by atoms with E-state index in [-0.39, 0.29) is 19.6 Å². The molecule has 0 saturated heterocycles. The highest BCUT2D eigenvalue weighted by Gasteiger charge is 2.14. The number of carbonyl (C=O) groups excluding carboxylic acids is 2. The number of carbonyl (C=O) groups is 2. The van der Waals surface area contributed by atoms with E-state index in [0.29, 0.717) is 10.7 Å². The molecule has 4 N–H and O–H groups in total. The molecule has 0 saturated carbocycles. The molecule has 0 aliphatic rings. The van der Waals surface area contributed by atoms with Crippen LogP contribution in [0.3, 0.4) is 0 Å². The molecule has 0 atom stereocenters. The second-order valence-electron chi connectivity index (χ2n) is 4.71. The molecule has 7 heteroatoms. The smallest absolute Gasteiger partial charge is 0.231 e. The topological polar surface area (TPSA) is 102 Å². The van der Waals surface area contributed by atoms with E-state index in [1.165, 1.54) is 4.90 Å². The molecule has 0 spiro atoms. The third-order valence-corrected chi connectivity index (χ3v) is 3.23. The quantitative estimate of drug-likeness (QED) is 0.765. The summed E-state index contributed by atoms with van der Waals surface area (Å²) in [4.78, 5) is 27.9. The molecule has 0 fully saturated rings. The van der Waals surface area contributed by atoms with Crippen LogP contribution in [0.4, 0.5) is 0 Å². The van der Waals surface area contributed by atoms with Crippen LogP contribution in [0.2, 0.25) is 5.15 Å². The van der Waals surface area contributed by atoms with Crippen LogP contribution in [0.25, 0.3) is 10.9 Å². The molecule has 1 heterocycles. The molecular formula is C14H15ClN4O2. The van der Waals surface area contributed by atoms with Crippen LogP contribution in [0, 0.1) is 0 Å². The minimum absolute atomic E-state index is 0.0773. The Hall–Kier alpha value is -2.18. The first-order chi connectivity index (χ1) is 9.95. The number of hydrogen-bond acceptors (Lipinski definition) is 4. The lowest BCUT2D eigenvalue weighted by molar-refractivity contribution is -0.122. The van der Waals surface area contributed by atoms with Crippen LogP contribution in [0.15, 0.2) is 30.3 Å². The zero-order valence-electron chi connectivity index (χ0n) is 11.3. The molecule has 6 nitrogen and oxygen atoms in total. The highest BCUT2D eigenvalue weighted by molar-refractivity contribution is 6.30. The maximum atomic E-state index is 11.1. The third kappa shape index (κ3) is 4.14. The van der Waals surface area contributed by atoms with Crippen molar-refractivity contribution in [2.24, 2.45) is 11.5 Å². The van der Waals surface area contributed by atoms with Crippen LogP contribution in [0.5, 0.6) is 0 Å². The number of benzene rings is 1. The summed E-state index contributed by atoms with van der Waals surface area (Å²) in [6.07, 6.45) is 0. The van der Waals surface area contributed by atoms with Gasteiger partial charge >= 0.3 is 0 Å². The molecule has 2 amide bonds. The number of para-hydroxylation sites is 1. The van der Waals surface area contributed by atoms with Crippen LogP contribution in [0.1, 0.15) is 5.56 Å². The summed E-state index contributed by atoms with van der Waals surface area (Å²) in [6, 6.07) is 9.41. The normalized spacial score (nSPS) is 11.0. The average Bonchev–Trinajstić information content (AvgIpc) is 2.38. The van der Waals surface area contributed by atoms with E-state index >= 15 is 0 Å². The summed E-state index contributed by atoms with van der Waals surface area (Å²) in [6.45, 7) is 0.112.